The van der Waals surface area contributed by atoms with Gasteiger partial charge in [-0.15, -0.1) is 18.4 Å². The van der Waals surface area contributed by atoms with Crippen LogP contribution < -0.4 is 24.8 Å². The Morgan fingerprint density at radius 3 is 2.33 bits per heavy atom. The molecule has 61 heavy (non-hydrogen) atoms. The smallest absolute Gasteiger partial charge is 0.408 e. The van der Waals surface area contributed by atoms with Gasteiger partial charge in [-0.2, -0.15) is 0 Å². The number of alkyl carbamates (subject to hydrolysis) is 1. The number of benzene rings is 2. The Hall–Kier alpha value is -5.62. The molecule has 2 saturated carbocycles. The highest BCUT2D eigenvalue weighted by atomic mass is 32.2. The van der Waals surface area contributed by atoms with Crippen LogP contribution in [-0.2, 0) is 29.1 Å². The van der Waals surface area contributed by atoms with Crippen molar-refractivity contribution in [1.29, 1.82) is 0 Å². The van der Waals surface area contributed by atoms with E-state index >= 15 is 0 Å². The van der Waals surface area contributed by atoms with Gasteiger partial charge in [-0.1, -0.05) is 64.1 Å². The lowest BCUT2D eigenvalue weighted by Crippen LogP contribution is -2.60. The van der Waals surface area contributed by atoms with Crippen molar-refractivity contribution in [2.24, 2.45) is 11.3 Å². The van der Waals surface area contributed by atoms with E-state index < -0.39 is 79.2 Å². The molecule has 2 aromatic carbocycles. The maximum Gasteiger partial charge on any atom is 0.408 e. The zero-order valence-corrected chi connectivity index (χ0v) is 37.0. The van der Waals surface area contributed by atoms with Gasteiger partial charge in [-0.3, -0.25) is 19.1 Å². The molecule has 3 fully saturated rings. The Labute approximate surface area is 358 Å². The molecule has 5 atom stereocenters. The molecule has 0 unspecified atom stereocenters. The van der Waals surface area contributed by atoms with Crippen molar-refractivity contribution in [1.82, 2.24) is 25.2 Å². The number of amides is 4. The summed E-state index contributed by atoms with van der Waals surface area (Å²) in [4.78, 5) is 62.8. The van der Waals surface area contributed by atoms with E-state index in [4.69, 9.17) is 19.2 Å². The van der Waals surface area contributed by atoms with Gasteiger partial charge in [0, 0.05) is 48.3 Å². The van der Waals surface area contributed by atoms with E-state index in [2.05, 4.69) is 33.8 Å². The number of methoxy groups -OCH3 is 1. The fraction of sp³-hybridized carbons (Fsp3) is 0.500. The summed E-state index contributed by atoms with van der Waals surface area (Å²) >= 11 is 0. The maximum atomic E-state index is 14.8. The van der Waals surface area contributed by atoms with Crippen molar-refractivity contribution in [3.63, 3.8) is 0 Å². The minimum absolute atomic E-state index is 0.00449. The first-order chi connectivity index (χ1) is 28.7. The highest BCUT2D eigenvalue weighted by molar-refractivity contribution is 7.91. The molecule has 0 bridgehead atoms. The Bertz CT molecular complexity index is 2370. The third-order valence-corrected chi connectivity index (χ3v) is 13.5. The standard InChI is InChI=1S/C46H57N5O9S/c1-10-12-16-21-45(22-23-45)61(56,57)50-41(54)46(27-30(46)11-2)49-39(52)36-25-32(28-51(36)40(53)38(43(3,4)5)48-42(55)60-44(6,7)8)59-37-26-34(29-17-14-13-15-18-29)47-35-24-31(58-9)19-20-33(35)37/h11,13-15,17-20,24,26,30,32,36,38H,2,10,21-23,25,27-28H2,1,3-9H3,(H,48,55)(H,49,52)(H,50,54)/t30-,32+,36-,38+,46-/m0/s1. The molecule has 3 N–H and O–H groups in total. The predicted molar refractivity (Wildman–Crippen MR) is 232 cm³/mol. The molecule has 1 saturated heterocycles. The Morgan fingerprint density at radius 1 is 1.03 bits per heavy atom. The number of sulfonamides is 1. The molecule has 6 rings (SSSR count). The van der Waals surface area contributed by atoms with Crippen molar-refractivity contribution in [2.75, 3.05) is 13.7 Å². The number of aromatic nitrogens is 1. The van der Waals surface area contributed by atoms with Gasteiger partial charge >= 0.3 is 6.09 Å². The van der Waals surface area contributed by atoms with Crippen LogP contribution >= 0.6 is 0 Å². The summed E-state index contributed by atoms with van der Waals surface area (Å²) < 4.78 is 46.1. The quantitative estimate of drug-likeness (QED) is 0.135. The number of rotatable bonds is 13. The van der Waals surface area contributed by atoms with E-state index in [1.165, 1.54) is 11.0 Å². The SMILES string of the molecule is C=C[C@H]1C[C@@]1(NC(=O)[C@@H]1C[C@@H](Oc2cc(-c3ccccc3)nc3cc(OC)ccc23)CN1C(=O)[C@@H](NC(=O)OC(C)(C)C)C(C)(C)C)C(=O)NS(=O)(=O)C1(CC#CCC)CC1. The van der Waals surface area contributed by atoms with Crippen LogP contribution in [0.2, 0.25) is 0 Å². The molecule has 1 aliphatic heterocycles. The highest BCUT2D eigenvalue weighted by Gasteiger charge is 2.63. The second kappa shape index (κ2) is 17.0. The van der Waals surface area contributed by atoms with E-state index in [1.54, 1.807) is 60.8 Å². The van der Waals surface area contributed by atoms with Gasteiger partial charge in [0.1, 0.15) is 45.6 Å². The van der Waals surface area contributed by atoms with E-state index in [1.807, 2.05) is 49.4 Å². The third kappa shape index (κ3) is 9.80. The van der Waals surface area contributed by atoms with Crippen LogP contribution in [-0.4, -0.2) is 89.8 Å². The van der Waals surface area contributed by atoms with Gasteiger partial charge < -0.3 is 29.7 Å². The topological polar surface area (TPSA) is 182 Å². The number of nitrogens with zero attached hydrogens (tertiary/aromatic N) is 2. The van der Waals surface area contributed by atoms with E-state index in [0.717, 1.165) is 5.56 Å². The molecule has 4 amide bonds. The number of ether oxygens (including phenoxy) is 3. The number of hydrogen-bond acceptors (Lipinski definition) is 10. The third-order valence-electron chi connectivity index (χ3n) is 11.3. The average Bonchev–Trinajstić information content (AvgIpc) is 4.10. The van der Waals surface area contributed by atoms with Gasteiger partial charge in [0.15, 0.2) is 0 Å². The van der Waals surface area contributed by atoms with Crippen LogP contribution in [0, 0.1) is 23.2 Å². The zero-order valence-electron chi connectivity index (χ0n) is 36.2. The monoisotopic (exact) mass is 855 g/mol. The first-order valence-electron chi connectivity index (χ1n) is 20.6. The van der Waals surface area contributed by atoms with Crippen LogP contribution in [0.1, 0.15) is 87.0 Å². The highest BCUT2D eigenvalue weighted by Crippen LogP contribution is 2.48. The molecular formula is C46H57N5O9S. The van der Waals surface area contributed by atoms with Crippen LogP contribution in [0.3, 0.4) is 0 Å². The lowest BCUT2D eigenvalue weighted by Gasteiger charge is -2.36. The predicted octanol–water partition coefficient (Wildman–Crippen LogP) is 6.04. The Morgan fingerprint density at radius 2 is 1.74 bits per heavy atom. The van der Waals surface area contributed by atoms with Crippen molar-refractivity contribution in [2.45, 2.75) is 121 Å². The normalized spacial score (nSPS) is 22.2. The van der Waals surface area contributed by atoms with Gasteiger partial charge in [0.25, 0.3) is 5.91 Å². The molecule has 15 heteroatoms. The molecular weight excluding hydrogens is 799 g/mol. The summed E-state index contributed by atoms with van der Waals surface area (Å²) in [5.41, 5.74) is -1.26. The molecule has 3 aromatic rings. The maximum absolute atomic E-state index is 14.8. The summed E-state index contributed by atoms with van der Waals surface area (Å²) in [6.45, 7) is 16.1. The number of likely N-dealkylation sites (tertiary alicyclic amines) is 1. The zero-order chi connectivity index (χ0) is 44.5. The summed E-state index contributed by atoms with van der Waals surface area (Å²) in [6.07, 6.45) is 1.42. The Balaban J connectivity index is 1.33. The lowest BCUT2D eigenvalue weighted by molar-refractivity contribution is -0.143. The van der Waals surface area contributed by atoms with Crippen molar-refractivity contribution >= 4 is 44.7 Å². The van der Waals surface area contributed by atoms with E-state index in [9.17, 15) is 27.6 Å². The minimum Gasteiger partial charge on any atom is -0.497 e. The molecule has 14 nitrogen and oxygen atoms in total. The number of hydrogen-bond donors (Lipinski definition) is 3. The first-order valence-corrected chi connectivity index (χ1v) is 22.1. The van der Waals surface area contributed by atoms with Gasteiger partial charge in [-0.25, -0.2) is 18.2 Å². The molecule has 3 aliphatic rings. The fourth-order valence-corrected chi connectivity index (χ4v) is 9.18. The number of carbonyl (C=O) groups is 4. The summed E-state index contributed by atoms with van der Waals surface area (Å²) in [5.74, 6) is 4.14. The second-order valence-corrected chi connectivity index (χ2v) is 20.3. The first kappa shape index (κ1) is 44.9. The van der Waals surface area contributed by atoms with Crippen molar-refractivity contribution < 1.29 is 41.8 Å². The molecule has 326 valence electrons. The average molecular weight is 856 g/mol. The van der Waals surface area contributed by atoms with Crippen LogP contribution in [0.5, 0.6) is 11.5 Å². The van der Waals surface area contributed by atoms with Crippen LogP contribution in [0.25, 0.3) is 22.2 Å². The van der Waals surface area contributed by atoms with E-state index in [-0.39, 0.29) is 25.8 Å². The summed E-state index contributed by atoms with van der Waals surface area (Å²) in [5, 5.41) is 6.25. The van der Waals surface area contributed by atoms with Gasteiger partial charge in [0.05, 0.1) is 24.9 Å². The second-order valence-electron chi connectivity index (χ2n) is 18.2. The van der Waals surface area contributed by atoms with Gasteiger partial charge in [-0.05, 0) is 57.6 Å². The molecule has 1 aromatic heterocycles. The van der Waals surface area contributed by atoms with Crippen molar-refractivity contribution in [3.05, 3.63) is 67.3 Å². The fourth-order valence-electron chi connectivity index (χ4n) is 7.64. The van der Waals surface area contributed by atoms with Crippen LogP contribution in [0.4, 0.5) is 4.79 Å². The van der Waals surface area contributed by atoms with Crippen molar-refractivity contribution in [3.8, 4) is 34.6 Å². The molecule has 2 heterocycles. The minimum atomic E-state index is -4.16. The summed E-state index contributed by atoms with van der Waals surface area (Å²) in [6, 6.07) is 14.4. The molecule has 0 radical (unpaired) electrons. The molecule has 0 spiro atoms. The van der Waals surface area contributed by atoms with Gasteiger partial charge in [0.2, 0.25) is 21.8 Å². The van der Waals surface area contributed by atoms with E-state index in [0.29, 0.717) is 47.4 Å². The number of nitrogens with one attached hydrogen (secondary N) is 3. The Kier molecular flexibility index (Phi) is 12.5. The lowest BCUT2D eigenvalue weighted by atomic mass is 9.85. The number of carbonyl (C=O) groups excluding carboxylic acids is 4. The largest absolute Gasteiger partial charge is 0.497 e. The molecule has 2 aliphatic carbocycles. The van der Waals surface area contributed by atoms with Crippen LogP contribution in [0.15, 0.2) is 67.3 Å². The number of fused-ring (bicyclic) bond motifs is 1. The summed E-state index contributed by atoms with van der Waals surface area (Å²) in [7, 11) is -2.60. The number of pyridine rings is 1.